The molecule has 0 amide bonds. The van der Waals surface area contributed by atoms with Gasteiger partial charge in [-0.05, 0) is 13.3 Å². The van der Waals surface area contributed by atoms with Gasteiger partial charge in [-0.1, -0.05) is 0 Å². The Labute approximate surface area is 129 Å². The Hall–Kier alpha value is -2.28. The normalized spacial score (nSPS) is 21.1. The molecule has 2 atom stereocenters. The Morgan fingerprint density at radius 3 is 2.95 bits per heavy atom. The molecular weight excluding hydrogens is 280 g/mol. The topological polar surface area (TPSA) is 76.1 Å². The lowest BCUT2D eigenvalue weighted by Gasteiger charge is -2.25. The summed E-state index contributed by atoms with van der Waals surface area (Å²) < 4.78 is 5.53. The van der Waals surface area contributed by atoms with Crippen molar-refractivity contribution >= 4 is 11.6 Å². The second-order valence-electron chi connectivity index (χ2n) is 5.39. The van der Waals surface area contributed by atoms with Gasteiger partial charge in [0.2, 0.25) is 0 Å². The highest BCUT2D eigenvalue weighted by molar-refractivity contribution is 5.43. The van der Waals surface area contributed by atoms with E-state index in [-0.39, 0.29) is 6.10 Å². The number of rotatable bonds is 5. The Kier molecular flexibility index (Phi) is 4.43. The van der Waals surface area contributed by atoms with Gasteiger partial charge in [0, 0.05) is 44.4 Å². The first-order valence-corrected chi connectivity index (χ1v) is 7.34. The average molecular weight is 300 g/mol. The van der Waals surface area contributed by atoms with Crippen molar-refractivity contribution in [1.82, 2.24) is 19.9 Å². The van der Waals surface area contributed by atoms with E-state index in [1.54, 1.807) is 32.0 Å². The molecule has 0 aliphatic carbocycles. The molecule has 1 aliphatic rings. The van der Waals surface area contributed by atoms with E-state index >= 15 is 0 Å². The number of hydrogen-bond acceptors (Lipinski definition) is 7. The predicted octanol–water partition coefficient (Wildman–Crippen LogP) is 1.28. The zero-order chi connectivity index (χ0) is 15.4. The molecule has 0 unspecified atom stereocenters. The summed E-state index contributed by atoms with van der Waals surface area (Å²) in [6.07, 6.45) is 7.84. The van der Waals surface area contributed by atoms with Crippen LogP contribution in [0.4, 0.5) is 11.6 Å². The molecule has 116 valence electrons. The van der Waals surface area contributed by atoms with E-state index in [1.807, 2.05) is 13.0 Å². The van der Waals surface area contributed by atoms with E-state index in [1.165, 1.54) is 0 Å². The number of anilines is 2. The van der Waals surface area contributed by atoms with Gasteiger partial charge >= 0.3 is 0 Å². The molecule has 0 aromatic carbocycles. The molecule has 1 saturated heterocycles. The molecule has 7 nitrogen and oxygen atoms in total. The maximum atomic E-state index is 5.53. The van der Waals surface area contributed by atoms with E-state index in [9.17, 15) is 0 Å². The highest BCUT2D eigenvalue weighted by atomic mass is 16.5. The quantitative estimate of drug-likeness (QED) is 0.891. The number of aromatic nitrogens is 4. The minimum absolute atomic E-state index is 0.212. The lowest BCUT2D eigenvalue weighted by atomic mass is 10.2. The molecule has 3 heterocycles. The molecule has 2 aromatic heterocycles. The molecule has 0 spiro atoms. The number of nitrogens with zero attached hydrogens (tertiary/aromatic N) is 5. The van der Waals surface area contributed by atoms with Crippen molar-refractivity contribution in [2.45, 2.75) is 25.5 Å². The standard InChI is InChI=1S/C15H20N6O/c1-11-5-15(20-10-19-11)21-9-13(22-2)6-12(21)7-18-14-8-16-3-4-17-14/h3-5,8,10,12-13H,6-7,9H2,1-2H3,(H,17,18)/t12-,13-/m0/s1. The lowest BCUT2D eigenvalue weighted by Crippen LogP contribution is -2.35. The van der Waals surface area contributed by atoms with Crippen LogP contribution in [-0.4, -0.2) is 52.3 Å². The van der Waals surface area contributed by atoms with Crippen LogP contribution in [0, 0.1) is 6.92 Å². The first-order valence-electron chi connectivity index (χ1n) is 7.34. The summed E-state index contributed by atoms with van der Waals surface area (Å²) in [4.78, 5) is 19.1. The zero-order valence-corrected chi connectivity index (χ0v) is 12.8. The van der Waals surface area contributed by atoms with Crippen molar-refractivity contribution in [3.05, 3.63) is 36.7 Å². The first-order chi connectivity index (χ1) is 10.8. The summed E-state index contributed by atoms with van der Waals surface area (Å²) >= 11 is 0. The summed E-state index contributed by atoms with van der Waals surface area (Å²) in [6, 6.07) is 2.30. The van der Waals surface area contributed by atoms with Gasteiger partial charge in [-0.3, -0.25) is 4.98 Å². The molecule has 22 heavy (non-hydrogen) atoms. The first kappa shape index (κ1) is 14.6. The highest BCUT2D eigenvalue weighted by Crippen LogP contribution is 2.25. The Morgan fingerprint density at radius 1 is 1.32 bits per heavy atom. The highest BCUT2D eigenvalue weighted by Gasteiger charge is 2.33. The minimum atomic E-state index is 0.212. The monoisotopic (exact) mass is 300 g/mol. The molecule has 1 fully saturated rings. The predicted molar refractivity (Wildman–Crippen MR) is 83.8 cm³/mol. The van der Waals surface area contributed by atoms with Crippen LogP contribution < -0.4 is 10.2 Å². The molecule has 7 heteroatoms. The van der Waals surface area contributed by atoms with Crippen LogP contribution in [0.1, 0.15) is 12.1 Å². The summed E-state index contributed by atoms with van der Waals surface area (Å²) in [5.74, 6) is 1.72. The number of ether oxygens (including phenoxy) is 1. The van der Waals surface area contributed by atoms with E-state index in [2.05, 4.69) is 30.2 Å². The third-order valence-electron chi connectivity index (χ3n) is 3.88. The summed E-state index contributed by atoms with van der Waals surface area (Å²) in [5, 5.41) is 3.33. The fourth-order valence-electron chi connectivity index (χ4n) is 2.73. The number of hydrogen-bond donors (Lipinski definition) is 1. The largest absolute Gasteiger partial charge is 0.380 e. The lowest BCUT2D eigenvalue weighted by molar-refractivity contribution is 0.118. The molecular formula is C15H20N6O. The van der Waals surface area contributed by atoms with Crippen molar-refractivity contribution in [2.75, 3.05) is 30.4 Å². The van der Waals surface area contributed by atoms with Crippen LogP contribution in [-0.2, 0) is 4.74 Å². The van der Waals surface area contributed by atoms with Crippen molar-refractivity contribution < 1.29 is 4.74 Å². The van der Waals surface area contributed by atoms with E-state index in [4.69, 9.17) is 4.74 Å². The second kappa shape index (κ2) is 6.65. The molecule has 2 aromatic rings. The Morgan fingerprint density at radius 2 is 2.23 bits per heavy atom. The third-order valence-corrected chi connectivity index (χ3v) is 3.88. The van der Waals surface area contributed by atoms with Crippen LogP contribution in [0.2, 0.25) is 0 Å². The maximum Gasteiger partial charge on any atom is 0.144 e. The Bertz CT molecular complexity index is 608. The summed E-state index contributed by atoms with van der Waals surface area (Å²) in [5.41, 5.74) is 0.964. The fraction of sp³-hybridized carbons (Fsp3) is 0.467. The fourth-order valence-corrected chi connectivity index (χ4v) is 2.73. The second-order valence-corrected chi connectivity index (χ2v) is 5.39. The zero-order valence-electron chi connectivity index (χ0n) is 12.8. The summed E-state index contributed by atoms with van der Waals surface area (Å²) in [6.45, 7) is 3.57. The maximum absolute atomic E-state index is 5.53. The van der Waals surface area contributed by atoms with Gasteiger partial charge in [-0.25, -0.2) is 15.0 Å². The van der Waals surface area contributed by atoms with E-state index in [0.29, 0.717) is 6.04 Å². The van der Waals surface area contributed by atoms with Gasteiger partial charge in [0.1, 0.15) is 18.0 Å². The number of methoxy groups -OCH3 is 1. The molecule has 0 radical (unpaired) electrons. The van der Waals surface area contributed by atoms with Crippen molar-refractivity contribution in [1.29, 1.82) is 0 Å². The van der Waals surface area contributed by atoms with Gasteiger partial charge in [-0.2, -0.15) is 0 Å². The minimum Gasteiger partial charge on any atom is -0.380 e. The van der Waals surface area contributed by atoms with Gasteiger partial charge in [0.25, 0.3) is 0 Å². The SMILES string of the molecule is CO[C@H]1C[C@@H](CNc2cnccn2)N(c2cc(C)ncn2)C1. The Balaban J connectivity index is 1.72. The number of aryl methyl sites for hydroxylation is 1. The molecule has 1 N–H and O–H groups in total. The van der Waals surface area contributed by atoms with Crippen LogP contribution in [0.5, 0.6) is 0 Å². The third kappa shape index (κ3) is 3.30. The van der Waals surface area contributed by atoms with Gasteiger partial charge < -0.3 is 15.0 Å². The van der Waals surface area contributed by atoms with E-state index < -0.39 is 0 Å². The average Bonchev–Trinajstić information content (AvgIpc) is 2.97. The van der Waals surface area contributed by atoms with Crippen LogP contribution in [0.25, 0.3) is 0 Å². The van der Waals surface area contributed by atoms with Gasteiger partial charge in [0.15, 0.2) is 0 Å². The van der Waals surface area contributed by atoms with Gasteiger partial charge in [0.05, 0.1) is 18.3 Å². The summed E-state index contributed by atoms with van der Waals surface area (Å²) in [7, 11) is 1.76. The van der Waals surface area contributed by atoms with Crippen molar-refractivity contribution in [3.8, 4) is 0 Å². The molecule has 0 saturated carbocycles. The smallest absolute Gasteiger partial charge is 0.144 e. The van der Waals surface area contributed by atoms with Crippen LogP contribution in [0.3, 0.4) is 0 Å². The molecule has 1 aliphatic heterocycles. The number of nitrogens with one attached hydrogen (secondary N) is 1. The van der Waals surface area contributed by atoms with Crippen LogP contribution in [0.15, 0.2) is 31.0 Å². The van der Waals surface area contributed by atoms with Crippen LogP contribution >= 0.6 is 0 Å². The molecule has 0 bridgehead atoms. The van der Waals surface area contributed by atoms with Gasteiger partial charge in [-0.15, -0.1) is 0 Å². The van der Waals surface area contributed by atoms with Crippen molar-refractivity contribution in [3.63, 3.8) is 0 Å². The molecule has 3 rings (SSSR count). The van der Waals surface area contributed by atoms with E-state index in [0.717, 1.165) is 36.8 Å². The van der Waals surface area contributed by atoms with Crippen molar-refractivity contribution in [2.24, 2.45) is 0 Å².